The zero-order valence-corrected chi connectivity index (χ0v) is 16.6. The molecular weight excluding hydrogens is 366 g/mol. The molecule has 0 aliphatic heterocycles. The summed E-state index contributed by atoms with van der Waals surface area (Å²) in [6, 6.07) is 12.5. The molecule has 0 fully saturated rings. The van der Waals surface area contributed by atoms with Gasteiger partial charge in [-0.05, 0) is 47.7 Å². The molecule has 0 bridgehead atoms. The minimum absolute atomic E-state index is 0.301. The van der Waals surface area contributed by atoms with E-state index in [0.717, 1.165) is 11.1 Å². The maximum Gasteiger partial charge on any atom is 0.320 e. The highest BCUT2D eigenvalue weighted by Gasteiger charge is 2.18. The highest BCUT2D eigenvalue weighted by molar-refractivity contribution is 6.30. The van der Waals surface area contributed by atoms with Crippen LogP contribution in [0.2, 0.25) is 5.02 Å². The van der Waals surface area contributed by atoms with E-state index >= 15 is 0 Å². The van der Waals surface area contributed by atoms with E-state index in [2.05, 4.69) is 5.32 Å². The van der Waals surface area contributed by atoms with Crippen LogP contribution in [-0.2, 0) is 17.9 Å². The van der Waals surface area contributed by atoms with E-state index in [1.807, 2.05) is 56.3 Å². The third-order valence-electron chi connectivity index (χ3n) is 4.07. The Morgan fingerprint density at radius 3 is 2.56 bits per heavy atom. The molecule has 27 heavy (non-hydrogen) atoms. The van der Waals surface area contributed by atoms with Crippen LogP contribution < -0.4 is 14.8 Å². The number of nitrogens with one attached hydrogen (secondary N) is 1. The first kappa shape index (κ1) is 21.1. The van der Waals surface area contributed by atoms with Crippen molar-refractivity contribution in [3.8, 4) is 11.5 Å². The van der Waals surface area contributed by atoms with Crippen molar-refractivity contribution >= 4 is 17.6 Å². The fourth-order valence-electron chi connectivity index (χ4n) is 2.71. The maximum atomic E-state index is 11.4. The lowest BCUT2D eigenvalue weighted by molar-refractivity contribution is -0.140. The summed E-state index contributed by atoms with van der Waals surface area (Å²) in [6.45, 7) is 4.83. The minimum Gasteiger partial charge on any atom is -0.493 e. The second kappa shape index (κ2) is 10.2. The van der Waals surface area contributed by atoms with Gasteiger partial charge in [-0.3, -0.25) is 4.79 Å². The lowest BCUT2D eigenvalue weighted by Crippen LogP contribution is -2.37. The number of rotatable bonds is 10. The van der Waals surface area contributed by atoms with E-state index in [9.17, 15) is 9.90 Å². The Hall–Kier alpha value is -2.24. The average molecular weight is 392 g/mol. The number of aliphatic carboxylic acids is 1. The summed E-state index contributed by atoms with van der Waals surface area (Å²) in [5, 5.41) is 13.1. The van der Waals surface area contributed by atoms with Gasteiger partial charge in [-0.1, -0.05) is 43.6 Å². The number of hydrogen-bond acceptors (Lipinski definition) is 4. The van der Waals surface area contributed by atoms with Crippen LogP contribution in [0.5, 0.6) is 11.5 Å². The summed E-state index contributed by atoms with van der Waals surface area (Å²) in [4.78, 5) is 11.4. The van der Waals surface area contributed by atoms with Crippen molar-refractivity contribution in [2.24, 2.45) is 5.92 Å². The normalized spacial score (nSPS) is 12.0. The molecule has 2 rings (SSSR count). The smallest absolute Gasteiger partial charge is 0.320 e. The summed E-state index contributed by atoms with van der Waals surface area (Å²) in [5.74, 6) is 0.692. The van der Waals surface area contributed by atoms with Crippen molar-refractivity contribution < 1.29 is 19.4 Å². The van der Waals surface area contributed by atoms with Crippen molar-refractivity contribution in [3.05, 3.63) is 58.6 Å². The summed E-state index contributed by atoms with van der Waals surface area (Å²) in [6.07, 6.45) is 0.577. The van der Waals surface area contributed by atoms with Crippen LogP contribution in [0.4, 0.5) is 0 Å². The van der Waals surface area contributed by atoms with Crippen LogP contribution >= 0.6 is 11.6 Å². The van der Waals surface area contributed by atoms with Gasteiger partial charge in [0.15, 0.2) is 11.5 Å². The summed E-state index contributed by atoms with van der Waals surface area (Å²) in [5.41, 5.74) is 1.89. The van der Waals surface area contributed by atoms with E-state index in [1.54, 1.807) is 7.11 Å². The molecule has 5 nitrogen and oxygen atoms in total. The molecule has 2 aromatic rings. The molecule has 0 heterocycles. The maximum absolute atomic E-state index is 11.4. The number of hydrogen-bond donors (Lipinski definition) is 2. The van der Waals surface area contributed by atoms with Gasteiger partial charge in [-0.2, -0.15) is 0 Å². The van der Waals surface area contributed by atoms with E-state index < -0.39 is 12.0 Å². The predicted molar refractivity (Wildman–Crippen MR) is 106 cm³/mol. The molecule has 6 heteroatoms. The second-order valence-electron chi connectivity index (χ2n) is 6.81. The predicted octanol–water partition coefficient (Wildman–Crippen LogP) is 4.52. The largest absolute Gasteiger partial charge is 0.493 e. The monoisotopic (exact) mass is 391 g/mol. The summed E-state index contributed by atoms with van der Waals surface area (Å²) >= 11 is 5.99. The average Bonchev–Trinajstić information content (AvgIpc) is 2.63. The molecule has 0 aromatic heterocycles. The molecule has 1 unspecified atom stereocenters. The Kier molecular flexibility index (Phi) is 7.95. The number of carboxylic acid groups (broad SMARTS) is 1. The fourth-order valence-corrected chi connectivity index (χ4v) is 2.93. The highest BCUT2D eigenvalue weighted by atomic mass is 35.5. The minimum atomic E-state index is -0.836. The van der Waals surface area contributed by atoms with E-state index in [0.29, 0.717) is 42.0 Å². The summed E-state index contributed by atoms with van der Waals surface area (Å²) in [7, 11) is 1.58. The number of carboxylic acids is 1. The Bertz CT molecular complexity index is 764. The van der Waals surface area contributed by atoms with Crippen LogP contribution in [0.25, 0.3) is 0 Å². The first-order valence-corrected chi connectivity index (χ1v) is 9.27. The number of ether oxygens (including phenoxy) is 2. The van der Waals surface area contributed by atoms with E-state index in [4.69, 9.17) is 21.1 Å². The number of benzene rings is 2. The van der Waals surface area contributed by atoms with Gasteiger partial charge in [0.05, 0.1) is 7.11 Å². The Morgan fingerprint density at radius 1 is 1.15 bits per heavy atom. The van der Waals surface area contributed by atoms with Gasteiger partial charge in [0.2, 0.25) is 0 Å². The van der Waals surface area contributed by atoms with Gasteiger partial charge >= 0.3 is 5.97 Å². The van der Waals surface area contributed by atoms with Crippen LogP contribution in [0.15, 0.2) is 42.5 Å². The fraction of sp³-hybridized carbons (Fsp3) is 0.381. The van der Waals surface area contributed by atoms with E-state index in [1.165, 1.54) is 0 Å². The number of halogens is 1. The molecular formula is C21H26ClNO4. The van der Waals surface area contributed by atoms with Crippen LogP contribution in [-0.4, -0.2) is 24.2 Å². The van der Waals surface area contributed by atoms with Gasteiger partial charge in [0, 0.05) is 11.6 Å². The second-order valence-corrected chi connectivity index (χ2v) is 7.24. The van der Waals surface area contributed by atoms with E-state index in [-0.39, 0.29) is 0 Å². The zero-order valence-electron chi connectivity index (χ0n) is 15.9. The van der Waals surface area contributed by atoms with Crippen LogP contribution in [0, 0.1) is 5.92 Å². The molecule has 0 spiro atoms. The Balaban J connectivity index is 2.01. The number of carbonyl (C=O) groups is 1. The van der Waals surface area contributed by atoms with Gasteiger partial charge < -0.3 is 19.9 Å². The van der Waals surface area contributed by atoms with Crippen molar-refractivity contribution in [2.75, 3.05) is 7.11 Å². The van der Waals surface area contributed by atoms with Crippen molar-refractivity contribution in [2.45, 2.75) is 39.5 Å². The lowest BCUT2D eigenvalue weighted by Gasteiger charge is -2.17. The zero-order chi connectivity index (χ0) is 19.8. The number of methoxy groups -OCH3 is 1. The topological polar surface area (TPSA) is 67.8 Å². The van der Waals surface area contributed by atoms with Gasteiger partial charge in [-0.25, -0.2) is 0 Å². The molecule has 2 aromatic carbocycles. The molecule has 1 atom stereocenters. The van der Waals surface area contributed by atoms with Crippen LogP contribution in [0.3, 0.4) is 0 Å². The third kappa shape index (κ3) is 6.77. The standard InChI is InChI=1S/C21H26ClNO4/c1-14(2)9-18(21(24)25)23-12-15-7-8-19(20(11-15)26-3)27-13-16-5-4-6-17(22)10-16/h4-8,10-11,14,18,23H,9,12-13H2,1-3H3,(H,24,25). The molecule has 0 amide bonds. The highest BCUT2D eigenvalue weighted by Crippen LogP contribution is 2.29. The third-order valence-corrected chi connectivity index (χ3v) is 4.30. The lowest BCUT2D eigenvalue weighted by atomic mass is 10.0. The Morgan fingerprint density at radius 2 is 1.93 bits per heavy atom. The molecule has 0 aliphatic rings. The quantitative estimate of drug-likeness (QED) is 0.623. The molecule has 0 aliphatic carbocycles. The Labute approximate surface area is 165 Å². The molecule has 2 N–H and O–H groups in total. The SMILES string of the molecule is COc1cc(CNC(CC(C)C)C(=O)O)ccc1OCc1cccc(Cl)c1. The molecule has 0 radical (unpaired) electrons. The van der Waals surface area contributed by atoms with Crippen molar-refractivity contribution in [1.29, 1.82) is 0 Å². The first-order chi connectivity index (χ1) is 12.9. The molecule has 0 saturated carbocycles. The summed E-state index contributed by atoms with van der Waals surface area (Å²) < 4.78 is 11.3. The van der Waals surface area contributed by atoms with Gasteiger partial charge in [0.25, 0.3) is 0 Å². The van der Waals surface area contributed by atoms with Crippen molar-refractivity contribution in [3.63, 3.8) is 0 Å². The van der Waals surface area contributed by atoms with Crippen LogP contribution in [0.1, 0.15) is 31.4 Å². The first-order valence-electron chi connectivity index (χ1n) is 8.89. The van der Waals surface area contributed by atoms with Crippen molar-refractivity contribution in [1.82, 2.24) is 5.32 Å². The molecule has 0 saturated heterocycles. The van der Waals surface area contributed by atoms with Gasteiger partial charge in [-0.15, -0.1) is 0 Å². The molecule has 146 valence electrons. The van der Waals surface area contributed by atoms with Gasteiger partial charge in [0.1, 0.15) is 12.6 Å².